The number of aromatic nitrogens is 1. The monoisotopic (exact) mass is 374 g/mol. The number of carbonyl (C=O) groups excluding carboxylic acids is 2. The van der Waals surface area contributed by atoms with Crippen LogP contribution in [0.4, 0.5) is 0 Å². The van der Waals surface area contributed by atoms with E-state index >= 15 is 0 Å². The predicted octanol–water partition coefficient (Wildman–Crippen LogP) is 2.30. The molecule has 3 N–H and O–H groups in total. The number of ether oxygens (including phenoxy) is 1. The Bertz CT molecular complexity index is 786. The summed E-state index contributed by atoms with van der Waals surface area (Å²) in [6, 6.07) is 6.55. The molecule has 0 saturated heterocycles. The van der Waals surface area contributed by atoms with Gasteiger partial charge in [0.1, 0.15) is 18.4 Å². The van der Waals surface area contributed by atoms with Gasteiger partial charge in [-0.15, -0.1) is 0 Å². The van der Waals surface area contributed by atoms with E-state index in [1.165, 1.54) is 7.11 Å². The number of aromatic amines is 1. The van der Waals surface area contributed by atoms with Gasteiger partial charge in [0.05, 0.1) is 0 Å². The van der Waals surface area contributed by atoms with Crippen LogP contribution in [0.3, 0.4) is 0 Å². The fourth-order valence-corrected chi connectivity index (χ4v) is 3.13. The highest BCUT2D eigenvalue weighted by molar-refractivity contribution is 5.88. The minimum absolute atomic E-state index is 0.114. The van der Waals surface area contributed by atoms with E-state index in [4.69, 9.17) is 4.74 Å². The Hall–Kier alpha value is -2.67. The van der Waals surface area contributed by atoms with Crippen molar-refractivity contribution in [3.63, 3.8) is 0 Å². The zero-order chi connectivity index (χ0) is 19.8. The number of aliphatic carboxylic acids is 1. The van der Waals surface area contributed by atoms with Gasteiger partial charge < -0.3 is 24.9 Å². The maximum atomic E-state index is 12.5. The molecule has 1 heterocycles. The molecule has 3 atom stereocenters. The summed E-state index contributed by atoms with van der Waals surface area (Å²) in [7, 11) is 1.42. The molecule has 146 valence electrons. The molecule has 0 aliphatic carbocycles. The van der Waals surface area contributed by atoms with Gasteiger partial charge >= 0.3 is 5.97 Å². The Morgan fingerprint density at radius 3 is 2.74 bits per heavy atom. The number of hydrogen-bond donors (Lipinski definition) is 3. The molecule has 0 bridgehead atoms. The molecule has 0 spiro atoms. The highest BCUT2D eigenvalue weighted by Crippen LogP contribution is 2.20. The molecule has 0 radical (unpaired) electrons. The number of amides is 1. The highest BCUT2D eigenvalue weighted by atomic mass is 16.5. The van der Waals surface area contributed by atoms with Gasteiger partial charge in [0.2, 0.25) is 5.91 Å². The van der Waals surface area contributed by atoms with E-state index in [9.17, 15) is 19.5 Å². The van der Waals surface area contributed by atoms with Crippen molar-refractivity contribution in [2.45, 2.75) is 44.8 Å². The minimum atomic E-state index is -1.10. The van der Waals surface area contributed by atoms with Crippen LogP contribution in [0.5, 0.6) is 0 Å². The first kappa shape index (κ1) is 20.6. The van der Waals surface area contributed by atoms with E-state index in [1.54, 1.807) is 6.20 Å². The van der Waals surface area contributed by atoms with E-state index in [2.05, 4.69) is 10.3 Å². The van der Waals surface area contributed by atoms with Crippen molar-refractivity contribution in [2.24, 2.45) is 5.92 Å². The summed E-state index contributed by atoms with van der Waals surface area (Å²) in [5, 5.41) is 13.1. The second-order valence-corrected chi connectivity index (χ2v) is 6.77. The van der Waals surface area contributed by atoms with Crippen molar-refractivity contribution in [3.05, 3.63) is 36.0 Å². The molecule has 7 nitrogen and oxygen atoms in total. The van der Waals surface area contributed by atoms with Gasteiger partial charge in [0, 0.05) is 37.1 Å². The summed E-state index contributed by atoms with van der Waals surface area (Å²) in [6.45, 7) is 1.93. The molecule has 1 amide bonds. The number of carboxylic acids is 1. The van der Waals surface area contributed by atoms with Gasteiger partial charge in [0.15, 0.2) is 0 Å². The van der Waals surface area contributed by atoms with Crippen LogP contribution in [0.25, 0.3) is 10.9 Å². The summed E-state index contributed by atoms with van der Waals surface area (Å²) in [4.78, 5) is 37.8. The van der Waals surface area contributed by atoms with Crippen LogP contribution in [0, 0.1) is 5.92 Å². The van der Waals surface area contributed by atoms with E-state index < -0.39 is 24.0 Å². The lowest BCUT2D eigenvalue weighted by Crippen LogP contribution is -2.47. The Morgan fingerprint density at radius 2 is 2.07 bits per heavy atom. The van der Waals surface area contributed by atoms with E-state index in [-0.39, 0.29) is 12.3 Å². The van der Waals surface area contributed by atoms with Gasteiger partial charge in [-0.1, -0.05) is 25.1 Å². The lowest BCUT2D eigenvalue weighted by Gasteiger charge is -2.21. The maximum Gasteiger partial charge on any atom is 0.326 e. The van der Waals surface area contributed by atoms with Gasteiger partial charge in [0.25, 0.3) is 0 Å². The number of carboxylic acid groups (broad SMARTS) is 1. The Morgan fingerprint density at radius 1 is 1.33 bits per heavy atom. The second-order valence-electron chi connectivity index (χ2n) is 6.77. The molecule has 2 aromatic rings. The number of aldehydes is 1. The summed E-state index contributed by atoms with van der Waals surface area (Å²) in [5.41, 5.74) is 1.74. The number of nitrogens with one attached hydrogen (secondary N) is 2. The van der Waals surface area contributed by atoms with Gasteiger partial charge in [-0.3, -0.25) is 4.79 Å². The molecule has 0 aliphatic heterocycles. The quantitative estimate of drug-likeness (QED) is 0.523. The average Bonchev–Trinajstić information content (AvgIpc) is 3.06. The number of methoxy groups -OCH3 is 1. The lowest BCUT2D eigenvalue weighted by atomic mass is 9.97. The standard InChI is InChI=1S/C20H26N2O5/c1-13(6-5-9-23)10-18(27-2)19(24)22-17(20(25)26)11-14-12-21-16-8-4-3-7-15(14)16/h3-4,7-9,12-13,17-18,21H,5-6,10-11H2,1-2H3,(H,22,24)(H,25,26)/t13?,17-,18+/m0/s1. The summed E-state index contributed by atoms with van der Waals surface area (Å²) >= 11 is 0. The molecule has 0 saturated carbocycles. The number of para-hydroxylation sites is 1. The molecular formula is C20H26N2O5. The molecule has 0 fully saturated rings. The number of hydrogen-bond acceptors (Lipinski definition) is 4. The fraction of sp³-hybridized carbons (Fsp3) is 0.450. The molecule has 1 aromatic heterocycles. The Labute approximate surface area is 158 Å². The van der Waals surface area contributed by atoms with Crippen molar-refractivity contribution in [1.29, 1.82) is 0 Å². The van der Waals surface area contributed by atoms with Crippen LogP contribution in [-0.2, 0) is 25.5 Å². The molecule has 27 heavy (non-hydrogen) atoms. The largest absolute Gasteiger partial charge is 0.480 e. The fourth-order valence-electron chi connectivity index (χ4n) is 3.13. The highest BCUT2D eigenvalue weighted by Gasteiger charge is 2.27. The average molecular weight is 374 g/mol. The maximum absolute atomic E-state index is 12.5. The van der Waals surface area contributed by atoms with Crippen LogP contribution in [-0.4, -0.2) is 47.5 Å². The van der Waals surface area contributed by atoms with Crippen molar-refractivity contribution >= 4 is 29.1 Å². The van der Waals surface area contributed by atoms with Gasteiger partial charge in [-0.05, 0) is 30.4 Å². The van der Waals surface area contributed by atoms with Crippen molar-refractivity contribution < 1.29 is 24.2 Å². The van der Waals surface area contributed by atoms with Crippen LogP contribution in [0.1, 0.15) is 31.7 Å². The summed E-state index contributed by atoms with van der Waals surface area (Å²) < 4.78 is 5.25. The van der Waals surface area contributed by atoms with Crippen LogP contribution in [0.2, 0.25) is 0 Å². The van der Waals surface area contributed by atoms with E-state index in [0.29, 0.717) is 19.3 Å². The molecule has 1 unspecified atom stereocenters. The van der Waals surface area contributed by atoms with Gasteiger partial charge in [-0.25, -0.2) is 4.79 Å². The molecule has 0 aliphatic rings. The number of fused-ring (bicyclic) bond motifs is 1. The number of H-pyrrole nitrogens is 1. The van der Waals surface area contributed by atoms with Crippen molar-refractivity contribution in [1.82, 2.24) is 10.3 Å². The third-order valence-electron chi connectivity index (χ3n) is 4.68. The van der Waals surface area contributed by atoms with Crippen molar-refractivity contribution in [3.8, 4) is 0 Å². The van der Waals surface area contributed by atoms with Crippen molar-refractivity contribution in [2.75, 3.05) is 7.11 Å². The minimum Gasteiger partial charge on any atom is -0.480 e. The van der Waals surface area contributed by atoms with Crippen LogP contribution >= 0.6 is 0 Å². The number of rotatable bonds is 11. The third kappa shape index (κ3) is 5.65. The smallest absolute Gasteiger partial charge is 0.326 e. The first-order chi connectivity index (χ1) is 13.0. The first-order valence-corrected chi connectivity index (χ1v) is 9.00. The predicted molar refractivity (Wildman–Crippen MR) is 101 cm³/mol. The van der Waals surface area contributed by atoms with Crippen LogP contribution in [0.15, 0.2) is 30.5 Å². The lowest BCUT2D eigenvalue weighted by molar-refractivity contribution is -0.144. The van der Waals surface area contributed by atoms with E-state index in [1.807, 2.05) is 31.2 Å². The van der Waals surface area contributed by atoms with E-state index in [0.717, 1.165) is 22.8 Å². The SMILES string of the molecule is CO[C@H](CC(C)CCC=O)C(=O)N[C@@H](Cc1c[nH]c2ccccc12)C(=O)O. The molecule has 1 aromatic carbocycles. The Kier molecular flexibility index (Phi) is 7.55. The van der Waals surface area contributed by atoms with Gasteiger partial charge in [-0.2, -0.15) is 0 Å². The summed E-state index contributed by atoms with van der Waals surface area (Å²) in [6.07, 6.45) is 3.54. The zero-order valence-corrected chi connectivity index (χ0v) is 15.6. The first-order valence-electron chi connectivity index (χ1n) is 9.00. The number of benzene rings is 1. The summed E-state index contributed by atoms with van der Waals surface area (Å²) in [5.74, 6) is -1.44. The zero-order valence-electron chi connectivity index (χ0n) is 15.6. The van der Waals surface area contributed by atoms with Crippen LogP contribution < -0.4 is 5.32 Å². The topological polar surface area (TPSA) is 108 Å². The molecule has 7 heteroatoms. The normalized spacial score (nSPS) is 14.4. The molecular weight excluding hydrogens is 348 g/mol. The molecule has 2 rings (SSSR count). The third-order valence-corrected chi connectivity index (χ3v) is 4.68. The second kappa shape index (κ2) is 9.87. The number of carbonyl (C=O) groups is 3. The Balaban J connectivity index is 2.04.